The second-order valence-corrected chi connectivity index (χ2v) is 4.42. The molecule has 1 aliphatic heterocycles. The molecule has 1 aromatic rings. The van der Waals surface area contributed by atoms with E-state index in [2.05, 4.69) is 0 Å². The summed E-state index contributed by atoms with van der Waals surface area (Å²) in [5.74, 6) is 0.0508. The van der Waals surface area contributed by atoms with Crippen molar-refractivity contribution in [2.24, 2.45) is 0 Å². The van der Waals surface area contributed by atoms with Crippen molar-refractivity contribution < 1.29 is 18.6 Å². The largest absolute Gasteiger partial charge is 0.488 e. The highest BCUT2D eigenvalue weighted by atomic mass is 19.1. The van der Waals surface area contributed by atoms with E-state index in [1.54, 1.807) is 0 Å². The number of ether oxygens (including phenoxy) is 3. The minimum atomic E-state index is -0.347. The Morgan fingerprint density at radius 2 is 1.94 bits per heavy atom. The van der Waals surface area contributed by atoms with Crippen LogP contribution in [0.4, 0.5) is 10.1 Å². The first-order valence-corrected chi connectivity index (χ1v) is 5.67. The lowest BCUT2D eigenvalue weighted by molar-refractivity contribution is 0.0123. The molecule has 5 heteroatoms. The number of anilines is 1. The van der Waals surface area contributed by atoms with Gasteiger partial charge in [0.1, 0.15) is 24.5 Å². The highest BCUT2D eigenvalue weighted by Gasteiger charge is 2.40. The maximum absolute atomic E-state index is 13.1. The lowest BCUT2D eigenvalue weighted by atomic mass is 10.2. The highest BCUT2D eigenvalue weighted by molar-refractivity contribution is 5.52. The third-order valence-electron chi connectivity index (χ3n) is 3.24. The summed E-state index contributed by atoms with van der Waals surface area (Å²) in [7, 11) is 0. The lowest BCUT2D eigenvalue weighted by Gasteiger charge is -2.15. The van der Waals surface area contributed by atoms with E-state index in [0.717, 1.165) is 12.8 Å². The number of fused-ring (bicyclic) bond motifs is 1. The highest BCUT2D eigenvalue weighted by Crippen LogP contribution is 2.34. The van der Waals surface area contributed by atoms with Crippen LogP contribution in [0.1, 0.15) is 12.8 Å². The van der Waals surface area contributed by atoms with E-state index in [1.165, 1.54) is 18.2 Å². The van der Waals surface area contributed by atoms with Gasteiger partial charge in [-0.25, -0.2) is 4.39 Å². The van der Waals surface area contributed by atoms with Crippen LogP contribution in [-0.4, -0.2) is 25.1 Å². The van der Waals surface area contributed by atoms with Crippen molar-refractivity contribution in [3.05, 3.63) is 24.0 Å². The first kappa shape index (κ1) is 10.8. The smallest absolute Gasteiger partial charge is 0.147 e. The summed E-state index contributed by atoms with van der Waals surface area (Å²) in [4.78, 5) is 0. The van der Waals surface area contributed by atoms with Crippen LogP contribution in [0.5, 0.6) is 5.75 Å². The Morgan fingerprint density at radius 1 is 1.24 bits per heavy atom. The van der Waals surface area contributed by atoms with Gasteiger partial charge in [-0.2, -0.15) is 0 Å². The minimum absolute atomic E-state index is 0.0191. The zero-order chi connectivity index (χ0) is 11.8. The first-order valence-electron chi connectivity index (χ1n) is 5.67. The summed E-state index contributed by atoms with van der Waals surface area (Å²) in [5, 5.41) is 0. The third-order valence-corrected chi connectivity index (χ3v) is 3.24. The average Bonchev–Trinajstić information content (AvgIpc) is 2.83. The van der Waals surface area contributed by atoms with Crippen LogP contribution in [0.25, 0.3) is 0 Å². The Labute approximate surface area is 98.5 Å². The number of rotatable bonds is 2. The van der Waals surface area contributed by atoms with E-state index in [9.17, 15) is 4.39 Å². The van der Waals surface area contributed by atoms with Crippen molar-refractivity contribution in [2.45, 2.75) is 31.2 Å². The van der Waals surface area contributed by atoms with Crippen molar-refractivity contribution in [1.29, 1.82) is 0 Å². The molecule has 17 heavy (non-hydrogen) atoms. The lowest BCUT2D eigenvalue weighted by Crippen LogP contribution is -2.15. The summed E-state index contributed by atoms with van der Waals surface area (Å²) < 4.78 is 29.5. The summed E-state index contributed by atoms with van der Waals surface area (Å²) in [6.45, 7) is 0.365. The SMILES string of the molecule is Nc1ccc(F)cc1O[C@H]1C[C@@H]2OCO[C@@H]2C1. The van der Waals surface area contributed by atoms with Crippen molar-refractivity contribution >= 4 is 5.69 Å². The Morgan fingerprint density at radius 3 is 2.65 bits per heavy atom. The van der Waals surface area contributed by atoms with E-state index < -0.39 is 0 Å². The monoisotopic (exact) mass is 239 g/mol. The van der Waals surface area contributed by atoms with Gasteiger partial charge in [0.15, 0.2) is 0 Å². The van der Waals surface area contributed by atoms with E-state index in [1.807, 2.05) is 0 Å². The maximum Gasteiger partial charge on any atom is 0.147 e. The van der Waals surface area contributed by atoms with Crippen LogP contribution in [0.3, 0.4) is 0 Å². The molecule has 2 N–H and O–H groups in total. The van der Waals surface area contributed by atoms with Gasteiger partial charge in [0.2, 0.25) is 0 Å². The second kappa shape index (κ2) is 4.16. The quantitative estimate of drug-likeness (QED) is 0.798. The molecule has 2 aliphatic rings. The molecule has 4 nitrogen and oxygen atoms in total. The number of halogens is 1. The Balaban J connectivity index is 1.69. The van der Waals surface area contributed by atoms with Gasteiger partial charge in [-0.05, 0) is 12.1 Å². The summed E-state index contributed by atoms with van der Waals surface area (Å²) in [5.41, 5.74) is 6.18. The molecule has 1 aliphatic carbocycles. The maximum atomic E-state index is 13.1. The summed E-state index contributed by atoms with van der Waals surface area (Å²) in [6, 6.07) is 4.14. The van der Waals surface area contributed by atoms with Crippen LogP contribution in [-0.2, 0) is 9.47 Å². The Kier molecular flexibility index (Phi) is 2.64. The first-order chi connectivity index (χ1) is 8.22. The molecular weight excluding hydrogens is 225 g/mol. The number of hydrogen-bond donors (Lipinski definition) is 1. The van der Waals surface area contributed by atoms with Gasteiger partial charge in [0.25, 0.3) is 0 Å². The predicted octanol–water partition coefficient (Wildman–Crippen LogP) is 1.69. The molecule has 0 spiro atoms. The van der Waals surface area contributed by atoms with Gasteiger partial charge in [-0.1, -0.05) is 0 Å². The van der Waals surface area contributed by atoms with Gasteiger partial charge in [-0.3, -0.25) is 0 Å². The van der Waals surface area contributed by atoms with E-state index in [4.69, 9.17) is 19.9 Å². The van der Waals surface area contributed by atoms with Crippen LogP contribution >= 0.6 is 0 Å². The molecule has 1 saturated heterocycles. The fourth-order valence-corrected chi connectivity index (χ4v) is 2.37. The molecule has 0 unspecified atom stereocenters. The molecule has 92 valence electrons. The number of hydrogen-bond acceptors (Lipinski definition) is 4. The predicted molar refractivity (Wildman–Crippen MR) is 59.1 cm³/mol. The topological polar surface area (TPSA) is 53.7 Å². The van der Waals surface area contributed by atoms with Gasteiger partial charge < -0.3 is 19.9 Å². The minimum Gasteiger partial charge on any atom is -0.488 e. The molecule has 3 atom stereocenters. The van der Waals surface area contributed by atoms with E-state index >= 15 is 0 Å². The molecule has 2 fully saturated rings. The Bertz CT molecular complexity index is 414. The number of nitrogens with two attached hydrogens (primary N) is 1. The molecule has 0 aromatic heterocycles. The van der Waals surface area contributed by atoms with Crippen molar-refractivity contribution in [2.75, 3.05) is 12.5 Å². The zero-order valence-corrected chi connectivity index (χ0v) is 9.27. The number of nitrogen functional groups attached to an aromatic ring is 1. The third kappa shape index (κ3) is 2.08. The van der Waals surface area contributed by atoms with Gasteiger partial charge in [-0.15, -0.1) is 0 Å². The molecule has 1 aromatic carbocycles. The van der Waals surface area contributed by atoms with Gasteiger partial charge in [0.05, 0.1) is 17.9 Å². The molecule has 0 bridgehead atoms. The average molecular weight is 239 g/mol. The van der Waals surface area contributed by atoms with Gasteiger partial charge in [0, 0.05) is 18.9 Å². The van der Waals surface area contributed by atoms with Gasteiger partial charge >= 0.3 is 0 Å². The molecule has 3 rings (SSSR count). The van der Waals surface area contributed by atoms with E-state index in [0.29, 0.717) is 18.2 Å². The molecular formula is C12H14FNO3. The summed E-state index contributed by atoms with van der Waals surface area (Å²) >= 11 is 0. The van der Waals surface area contributed by atoms with E-state index in [-0.39, 0.29) is 24.1 Å². The van der Waals surface area contributed by atoms with Crippen molar-refractivity contribution in [1.82, 2.24) is 0 Å². The standard InChI is InChI=1S/C12H14FNO3/c13-7-1-2-9(14)10(3-7)17-8-4-11-12(5-8)16-6-15-11/h1-3,8,11-12H,4-6,14H2/t8-,11-,12+. The van der Waals surface area contributed by atoms with Crippen LogP contribution in [0.2, 0.25) is 0 Å². The van der Waals surface area contributed by atoms with Crippen molar-refractivity contribution in [3.8, 4) is 5.75 Å². The molecule has 0 amide bonds. The normalized spacial score (nSPS) is 31.5. The zero-order valence-electron chi connectivity index (χ0n) is 9.27. The van der Waals surface area contributed by atoms with Crippen molar-refractivity contribution in [3.63, 3.8) is 0 Å². The molecule has 1 heterocycles. The fourth-order valence-electron chi connectivity index (χ4n) is 2.37. The Hall–Kier alpha value is -1.33. The second-order valence-electron chi connectivity index (χ2n) is 4.42. The fraction of sp³-hybridized carbons (Fsp3) is 0.500. The molecule has 1 saturated carbocycles. The van der Waals surface area contributed by atoms with Crippen LogP contribution in [0, 0.1) is 5.82 Å². The number of benzene rings is 1. The van der Waals surface area contributed by atoms with Crippen LogP contribution in [0.15, 0.2) is 18.2 Å². The summed E-state index contributed by atoms with van der Waals surface area (Å²) in [6.07, 6.45) is 1.72. The molecule has 0 radical (unpaired) electrons. The van der Waals surface area contributed by atoms with Crippen LogP contribution < -0.4 is 10.5 Å².